The van der Waals surface area contributed by atoms with E-state index in [0.29, 0.717) is 17.1 Å². The number of carbonyl (C=O) groups excluding carboxylic acids is 2. The van der Waals surface area contributed by atoms with E-state index in [1.165, 1.54) is 41.3 Å². The van der Waals surface area contributed by atoms with Gasteiger partial charge in [0.05, 0.1) is 19.2 Å². The lowest BCUT2D eigenvalue weighted by Gasteiger charge is -2.24. The SMILES string of the molecule is COc1ccc(NC(=O)C[C@@H]2C(=O)N(c3ccc(F)cc3)C(=S)N2Cc2ccc(F)cc2)cc1. The molecule has 1 atom stereocenters. The molecule has 0 radical (unpaired) electrons. The highest BCUT2D eigenvalue weighted by atomic mass is 32.1. The Morgan fingerprint density at radius 3 is 2.15 bits per heavy atom. The van der Waals surface area contributed by atoms with Crippen LogP contribution in [0.3, 0.4) is 0 Å². The van der Waals surface area contributed by atoms with Crippen LogP contribution in [0.1, 0.15) is 12.0 Å². The zero-order valence-corrected chi connectivity index (χ0v) is 19.0. The molecule has 6 nitrogen and oxygen atoms in total. The van der Waals surface area contributed by atoms with E-state index < -0.39 is 17.8 Å². The Morgan fingerprint density at radius 2 is 1.56 bits per heavy atom. The molecule has 4 rings (SSSR count). The van der Waals surface area contributed by atoms with Crippen molar-refractivity contribution in [3.05, 3.63) is 90.0 Å². The molecule has 1 aliphatic rings. The Morgan fingerprint density at radius 1 is 0.971 bits per heavy atom. The van der Waals surface area contributed by atoms with Crippen LogP contribution >= 0.6 is 12.2 Å². The summed E-state index contributed by atoms with van der Waals surface area (Å²) in [7, 11) is 1.55. The number of ether oxygens (including phenoxy) is 1. The highest BCUT2D eigenvalue weighted by Gasteiger charge is 2.44. The minimum atomic E-state index is -0.888. The van der Waals surface area contributed by atoms with Crippen molar-refractivity contribution >= 4 is 40.5 Å². The number of halogens is 2. The second-order valence-corrected chi connectivity index (χ2v) is 8.05. The fourth-order valence-electron chi connectivity index (χ4n) is 3.69. The normalized spacial score (nSPS) is 15.6. The van der Waals surface area contributed by atoms with Crippen molar-refractivity contribution in [3.63, 3.8) is 0 Å². The Hall–Kier alpha value is -3.85. The highest BCUT2D eigenvalue weighted by molar-refractivity contribution is 7.80. The number of carbonyl (C=O) groups is 2. The fraction of sp³-hybridized carbons (Fsp3) is 0.160. The maximum Gasteiger partial charge on any atom is 0.256 e. The Balaban J connectivity index is 1.58. The van der Waals surface area contributed by atoms with Crippen LogP contribution in [0.5, 0.6) is 5.75 Å². The van der Waals surface area contributed by atoms with Gasteiger partial charge in [0.2, 0.25) is 5.91 Å². The van der Waals surface area contributed by atoms with Crippen LogP contribution in [0.15, 0.2) is 72.8 Å². The Bertz CT molecular complexity index is 1200. The minimum absolute atomic E-state index is 0.163. The summed E-state index contributed by atoms with van der Waals surface area (Å²) in [5, 5.41) is 2.96. The van der Waals surface area contributed by atoms with Crippen molar-refractivity contribution in [2.45, 2.75) is 19.0 Å². The first-order chi connectivity index (χ1) is 16.4. The molecule has 9 heteroatoms. The third-order valence-electron chi connectivity index (χ3n) is 5.42. The largest absolute Gasteiger partial charge is 0.497 e. The summed E-state index contributed by atoms with van der Waals surface area (Å²) >= 11 is 5.58. The molecule has 3 aromatic rings. The second-order valence-electron chi connectivity index (χ2n) is 7.68. The standard InChI is InChI=1S/C25H21F2N3O3S/c1-33-21-12-8-19(9-13-21)28-23(31)14-22-24(32)30(20-10-6-18(27)7-11-20)25(34)29(22)15-16-2-4-17(26)5-3-16/h2-13,22H,14-15H2,1H3,(H,28,31)/t22-/m1/s1. The van der Waals surface area contributed by atoms with Gasteiger partial charge in [-0.2, -0.15) is 0 Å². The van der Waals surface area contributed by atoms with Gasteiger partial charge in [-0.25, -0.2) is 8.78 Å². The van der Waals surface area contributed by atoms with Crippen LogP contribution in [-0.2, 0) is 16.1 Å². The number of rotatable bonds is 7. The van der Waals surface area contributed by atoms with E-state index >= 15 is 0 Å². The predicted molar refractivity (Wildman–Crippen MR) is 128 cm³/mol. The topological polar surface area (TPSA) is 61.9 Å². The van der Waals surface area contributed by atoms with E-state index in [-0.39, 0.29) is 29.8 Å². The molecule has 34 heavy (non-hydrogen) atoms. The molecular weight excluding hydrogens is 460 g/mol. The number of nitrogens with zero attached hydrogens (tertiary/aromatic N) is 2. The van der Waals surface area contributed by atoms with Crippen molar-refractivity contribution < 1.29 is 23.1 Å². The third kappa shape index (κ3) is 5.04. The van der Waals surface area contributed by atoms with Crippen LogP contribution in [0.25, 0.3) is 0 Å². The predicted octanol–water partition coefficient (Wildman–Crippen LogP) is 4.50. The van der Waals surface area contributed by atoms with Gasteiger partial charge in [0.1, 0.15) is 23.4 Å². The lowest BCUT2D eigenvalue weighted by Crippen LogP contribution is -2.37. The lowest BCUT2D eigenvalue weighted by atomic mass is 10.1. The number of anilines is 2. The average Bonchev–Trinajstić information content (AvgIpc) is 3.05. The summed E-state index contributed by atoms with van der Waals surface area (Å²) in [6.07, 6.45) is -0.163. The summed E-state index contributed by atoms with van der Waals surface area (Å²) in [5.74, 6) is -0.957. The number of hydrogen-bond acceptors (Lipinski definition) is 4. The molecule has 0 spiro atoms. The van der Waals surface area contributed by atoms with Gasteiger partial charge >= 0.3 is 0 Å². The van der Waals surface area contributed by atoms with Crippen molar-refractivity contribution in [3.8, 4) is 5.75 Å². The molecule has 0 aromatic heterocycles. The van der Waals surface area contributed by atoms with Gasteiger partial charge in [-0.05, 0) is 78.4 Å². The Labute approximate surface area is 200 Å². The molecule has 1 saturated heterocycles. The van der Waals surface area contributed by atoms with Crippen LogP contribution in [0.4, 0.5) is 20.2 Å². The van der Waals surface area contributed by atoms with Crippen LogP contribution in [0, 0.1) is 11.6 Å². The maximum atomic E-state index is 13.4. The third-order valence-corrected chi connectivity index (χ3v) is 5.84. The molecule has 3 aromatic carbocycles. The van der Waals surface area contributed by atoms with E-state index in [1.54, 1.807) is 48.4 Å². The van der Waals surface area contributed by atoms with Gasteiger partial charge < -0.3 is 15.0 Å². The first-order valence-corrected chi connectivity index (χ1v) is 10.8. The zero-order valence-electron chi connectivity index (χ0n) is 18.2. The molecular formula is C25H21F2N3O3S. The van der Waals surface area contributed by atoms with E-state index in [1.807, 2.05) is 0 Å². The van der Waals surface area contributed by atoms with Gasteiger partial charge in [0.15, 0.2) is 5.11 Å². The molecule has 0 bridgehead atoms. The maximum absolute atomic E-state index is 13.4. The van der Waals surface area contributed by atoms with Crippen LogP contribution in [-0.4, -0.2) is 35.0 Å². The van der Waals surface area contributed by atoms with Gasteiger partial charge in [-0.3, -0.25) is 14.5 Å². The number of methoxy groups -OCH3 is 1. The molecule has 1 heterocycles. The smallest absolute Gasteiger partial charge is 0.256 e. The summed E-state index contributed by atoms with van der Waals surface area (Å²) in [5.41, 5.74) is 1.68. The van der Waals surface area contributed by atoms with E-state index in [2.05, 4.69) is 5.32 Å². The molecule has 174 valence electrons. The highest BCUT2D eigenvalue weighted by Crippen LogP contribution is 2.29. The van der Waals surface area contributed by atoms with Gasteiger partial charge in [-0.15, -0.1) is 0 Å². The molecule has 1 N–H and O–H groups in total. The number of nitrogens with one attached hydrogen (secondary N) is 1. The number of hydrogen-bond donors (Lipinski definition) is 1. The van der Waals surface area contributed by atoms with Gasteiger partial charge in [-0.1, -0.05) is 12.1 Å². The lowest BCUT2D eigenvalue weighted by molar-refractivity contribution is -0.124. The molecule has 2 amide bonds. The summed E-state index contributed by atoms with van der Waals surface area (Å²) < 4.78 is 31.9. The quantitative estimate of drug-likeness (QED) is 0.504. The fourth-order valence-corrected chi connectivity index (χ4v) is 4.08. The monoisotopic (exact) mass is 481 g/mol. The Kier molecular flexibility index (Phi) is 6.83. The minimum Gasteiger partial charge on any atom is -0.497 e. The summed E-state index contributed by atoms with van der Waals surface area (Å²) in [6, 6.07) is 17.1. The number of benzene rings is 3. The van der Waals surface area contributed by atoms with E-state index in [0.717, 1.165) is 5.56 Å². The molecule has 1 aliphatic heterocycles. The van der Waals surface area contributed by atoms with Crippen molar-refractivity contribution in [2.75, 3.05) is 17.3 Å². The van der Waals surface area contributed by atoms with Gasteiger partial charge in [0, 0.05) is 12.2 Å². The van der Waals surface area contributed by atoms with Crippen molar-refractivity contribution in [2.24, 2.45) is 0 Å². The van der Waals surface area contributed by atoms with E-state index in [4.69, 9.17) is 17.0 Å². The first-order valence-electron chi connectivity index (χ1n) is 10.4. The summed E-state index contributed by atoms with van der Waals surface area (Å²) in [6.45, 7) is 0.197. The zero-order chi connectivity index (χ0) is 24.2. The summed E-state index contributed by atoms with van der Waals surface area (Å²) in [4.78, 5) is 29.1. The molecule has 0 unspecified atom stereocenters. The average molecular weight is 482 g/mol. The van der Waals surface area contributed by atoms with Crippen LogP contribution in [0.2, 0.25) is 0 Å². The molecule has 0 saturated carbocycles. The first kappa shape index (κ1) is 23.3. The number of thiocarbonyl (C=S) groups is 1. The van der Waals surface area contributed by atoms with E-state index in [9.17, 15) is 18.4 Å². The van der Waals surface area contributed by atoms with Gasteiger partial charge in [0.25, 0.3) is 5.91 Å². The number of amides is 2. The van der Waals surface area contributed by atoms with Crippen molar-refractivity contribution in [1.82, 2.24) is 4.90 Å². The molecule has 1 fully saturated rings. The van der Waals surface area contributed by atoms with Crippen LogP contribution < -0.4 is 15.0 Å². The van der Waals surface area contributed by atoms with Crippen molar-refractivity contribution in [1.29, 1.82) is 0 Å². The second kappa shape index (κ2) is 9.96. The molecule has 0 aliphatic carbocycles.